The molecule has 0 atom stereocenters. The minimum absolute atomic E-state index is 0.652. The van der Waals surface area contributed by atoms with Crippen molar-refractivity contribution in [2.45, 2.75) is 13.1 Å². The van der Waals surface area contributed by atoms with Crippen LogP contribution in [-0.2, 0) is 17.8 Å². The van der Waals surface area contributed by atoms with Gasteiger partial charge >= 0.3 is 0 Å². The zero-order valence-electron chi connectivity index (χ0n) is 8.24. The van der Waals surface area contributed by atoms with E-state index in [2.05, 4.69) is 16.3 Å². The van der Waals surface area contributed by atoms with Crippen LogP contribution in [0.4, 0.5) is 0 Å². The van der Waals surface area contributed by atoms with Gasteiger partial charge in [-0.25, -0.2) is 0 Å². The van der Waals surface area contributed by atoms with E-state index < -0.39 is 0 Å². The second-order valence-electron chi connectivity index (χ2n) is 3.51. The van der Waals surface area contributed by atoms with E-state index in [0.29, 0.717) is 6.54 Å². The lowest BCUT2D eigenvalue weighted by atomic mass is 10.3. The van der Waals surface area contributed by atoms with Gasteiger partial charge in [-0.3, -0.25) is 4.90 Å². The lowest BCUT2D eigenvalue weighted by Crippen LogP contribution is -2.35. The second kappa shape index (κ2) is 4.89. The van der Waals surface area contributed by atoms with Gasteiger partial charge in [-0.2, -0.15) is 0 Å². The lowest BCUT2D eigenvalue weighted by Gasteiger charge is -2.25. The topological polar surface area (TPSA) is 38.5 Å². The summed E-state index contributed by atoms with van der Waals surface area (Å²) in [5.74, 6) is 0. The molecule has 0 bridgehead atoms. The molecule has 1 aromatic rings. The molecular formula is C10H16N2OS. The van der Waals surface area contributed by atoms with Crippen LogP contribution in [-0.4, -0.2) is 31.2 Å². The Morgan fingerprint density at radius 3 is 2.86 bits per heavy atom. The molecule has 0 aliphatic carbocycles. The lowest BCUT2D eigenvalue weighted by molar-refractivity contribution is 0.0346. The van der Waals surface area contributed by atoms with Crippen LogP contribution in [0.25, 0.3) is 0 Å². The van der Waals surface area contributed by atoms with E-state index in [0.717, 1.165) is 32.8 Å². The van der Waals surface area contributed by atoms with Gasteiger partial charge in [0.05, 0.1) is 13.2 Å². The molecule has 0 saturated carbocycles. The molecule has 78 valence electrons. The molecule has 0 unspecified atom stereocenters. The summed E-state index contributed by atoms with van der Waals surface area (Å²) in [7, 11) is 0. The number of nitrogens with zero attached hydrogens (tertiary/aromatic N) is 1. The van der Waals surface area contributed by atoms with Gasteiger partial charge in [-0.05, 0) is 17.0 Å². The molecule has 1 aliphatic heterocycles. The number of nitrogens with two attached hydrogens (primary N) is 1. The largest absolute Gasteiger partial charge is 0.379 e. The van der Waals surface area contributed by atoms with Crippen molar-refractivity contribution in [1.82, 2.24) is 4.90 Å². The van der Waals surface area contributed by atoms with E-state index in [-0.39, 0.29) is 0 Å². The average Bonchev–Trinajstić information content (AvgIpc) is 2.67. The van der Waals surface area contributed by atoms with Gasteiger partial charge in [0, 0.05) is 31.1 Å². The maximum atomic E-state index is 5.57. The maximum absolute atomic E-state index is 5.57. The highest BCUT2D eigenvalue weighted by atomic mass is 32.1. The Labute approximate surface area is 88.5 Å². The van der Waals surface area contributed by atoms with Crippen LogP contribution in [0.2, 0.25) is 0 Å². The monoisotopic (exact) mass is 212 g/mol. The number of ether oxygens (including phenoxy) is 1. The molecule has 4 heteroatoms. The van der Waals surface area contributed by atoms with Gasteiger partial charge in [0.15, 0.2) is 0 Å². The Morgan fingerprint density at radius 1 is 1.43 bits per heavy atom. The zero-order chi connectivity index (χ0) is 9.80. The number of thiophene rings is 1. The number of hydrogen-bond donors (Lipinski definition) is 1. The Bertz CT molecular complexity index is 281. The van der Waals surface area contributed by atoms with Gasteiger partial charge in [0.1, 0.15) is 0 Å². The Hall–Kier alpha value is -0.420. The highest BCUT2D eigenvalue weighted by Gasteiger charge is 2.11. The van der Waals surface area contributed by atoms with Gasteiger partial charge in [0.25, 0.3) is 0 Å². The van der Waals surface area contributed by atoms with Crippen LogP contribution in [0.3, 0.4) is 0 Å². The minimum Gasteiger partial charge on any atom is -0.379 e. The number of rotatable bonds is 3. The summed E-state index contributed by atoms with van der Waals surface area (Å²) in [6.07, 6.45) is 0. The highest BCUT2D eigenvalue weighted by Crippen LogP contribution is 2.16. The fourth-order valence-electron chi connectivity index (χ4n) is 1.60. The maximum Gasteiger partial charge on any atom is 0.0594 e. The van der Waals surface area contributed by atoms with Crippen molar-refractivity contribution in [3.05, 3.63) is 21.9 Å². The number of hydrogen-bond acceptors (Lipinski definition) is 4. The molecule has 0 spiro atoms. The molecule has 0 radical (unpaired) electrons. The molecule has 3 nitrogen and oxygen atoms in total. The summed E-state index contributed by atoms with van der Waals surface area (Å²) in [5, 5.41) is 2.15. The highest BCUT2D eigenvalue weighted by molar-refractivity contribution is 7.10. The molecule has 1 saturated heterocycles. The van der Waals surface area contributed by atoms with Crippen molar-refractivity contribution in [2.24, 2.45) is 5.73 Å². The second-order valence-corrected chi connectivity index (χ2v) is 4.51. The number of morpholine rings is 1. The molecule has 1 fully saturated rings. The summed E-state index contributed by atoms with van der Waals surface area (Å²) < 4.78 is 5.31. The van der Waals surface area contributed by atoms with E-state index >= 15 is 0 Å². The first-order valence-electron chi connectivity index (χ1n) is 4.95. The van der Waals surface area contributed by atoms with Crippen LogP contribution >= 0.6 is 11.3 Å². The first-order valence-corrected chi connectivity index (χ1v) is 5.83. The fourth-order valence-corrected chi connectivity index (χ4v) is 2.54. The van der Waals surface area contributed by atoms with Crippen molar-refractivity contribution < 1.29 is 4.74 Å². The minimum atomic E-state index is 0.652. The van der Waals surface area contributed by atoms with Crippen molar-refractivity contribution in [3.63, 3.8) is 0 Å². The normalized spacial score (nSPS) is 18.6. The van der Waals surface area contributed by atoms with Crippen molar-refractivity contribution in [2.75, 3.05) is 26.3 Å². The molecule has 0 aromatic carbocycles. The standard InChI is InChI=1S/C10H16N2OS/c11-6-9-5-10(14-8-9)7-12-1-3-13-4-2-12/h5,8H,1-4,6-7,11H2. The van der Waals surface area contributed by atoms with Gasteiger partial charge in [0.2, 0.25) is 0 Å². The molecule has 14 heavy (non-hydrogen) atoms. The van der Waals surface area contributed by atoms with E-state index in [1.165, 1.54) is 10.4 Å². The summed E-state index contributed by atoms with van der Waals surface area (Å²) in [4.78, 5) is 3.84. The van der Waals surface area contributed by atoms with Crippen LogP contribution in [0.15, 0.2) is 11.4 Å². The van der Waals surface area contributed by atoms with E-state index in [1.54, 1.807) is 11.3 Å². The first-order chi connectivity index (χ1) is 6.88. The molecule has 0 amide bonds. The third kappa shape index (κ3) is 2.54. The van der Waals surface area contributed by atoms with Crippen molar-refractivity contribution >= 4 is 11.3 Å². The average molecular weight is 212 g/mol. The van der Waals surface area contributed by atoms with Gasteiger partial charge in [-0.15, -0.1) is 11.3 Å². The molecule has 1 aliphatic rings. The molecule has 2 N–H and O–H groups in total. The molecular weight excluding hydrogens is 196 g/mol. The summed E-state index contributed by atoms with van der Waals surface area (Å²) in [6, 6.07) is 2.21. The predicted octanol–water partition coefficient (Wildman–Crippen LogP) is 1.04. The molecule has 2 heterocycles. The van der Waals surface area contributed by atoms with Crippen molar-refractivity contribution in [3.8, 4) is 0 Å². The SMILES string of the molecule is NCc1csc(CN2CCOCC2)c1. The quantitative estimate of drug-likeness (QED) is 0.813. The van der Waals surface area contributed by atoms with Gasteiger partial charge < -0.3 is 10.5 Å². The van der Waals surface area contributed by atoms with E-state index in [9.17, 15) is 0 Å². The van der Waals surface area contributed by atoms with Gasteiger partial charge in [-0.1, -0.05) is 0 Å². The third-order valence-corrected chi connectivity index (χ3v) is 3.40. The van der Waals surface area contributed by atoms with Crippen molar-refractivity contribution in [1.29, 1.82) is 0 Å². The van der Waals surface area contributed by atoms with Crippen LogP contribution in [0, 0.1) is 0 Å². The van der Waals surface area contributed by atoms with Crippen LogP contribution < -0.4 is 5.73 Å². The molecule has 2 rings (SSSR count). The Kier molecular flexibility index (Phi) is 3.53. The third-order valence-electron chi connectivity index (χ3n) is 2.43. The zero-order valence-corrected chi connectivity index (χ0v) is 9.05. The summed E-state index contributed by atoms with van der Waals surface area (Å²) >= 11 is 1.81. The Morgan fingerprint density at radius 2 is 2.21 bits per heavy atom. The van der Waals surface area contributed by atoms with Crippen LogP contribution in [0.5, 0.6) is 0 Å². The Balaban J connectivity index is 1.89. The molecule has 1 aromatic heterocycles. The first kappa shape index (κ1) is 10.1. The predicted molar refractivity (Wildman–Crippen MR) is 58.3 cm³/mol. The summed E-state index contributed by atoms with van der Waals surface area (Å²) in [6.45, 7) is 5.55. The fraction of sp³-hybridized carbons (Fsp3) is 0.600. The summed E-state index contributed by atoms with van der Waals surface area (Å²) in [5.41, 5.74) is 6.82. The smallest absolute Gasteiger partial charge is 0.0594 e. The van der Waals surface area contributed by atoms with Crippen LogP contribution in [0.1, 0.15) is 10.4 Å². The van der Waals surface area contributed by atoms with E-state index in [1.807, 2.05) is 0 Å². The van der Waals surface area contributed by atoms with E-state index in [4.69, 9.17) is 10.5 Å².